The SMILES string of the molecule is O=C(NCCO)Nc1cccc(-c2nccs2)c1. The van der Waals surface area contributed by atoms with Gasteiger partial charge in [0.2, 0.25) is 0 Å². The van der Waals surface area contributed by atoms with Crippen molar-refractivity contribution in [1.29, 1.82) is 0 Å². The van der Waals surface area contributed by atoms with Gasteiger partial charge in [-0.25, -0.2) is 9.78 Å². The van der Waals surface area contributed by atoms with Crippen LogP contribution in [0, 0.1) is 0 Å². The molecule has 0 atom stereocenters. The van der Waals surface area contributed by atoms with Crippen LogP contribution in [0.25, 0.3) is 10.6 Å². The lowest BCUT2D eigenvalue weighted by Gasteiger charge is -2.07. The smallest absolute Gasteiger partial charge is 0.319 e. The number of carbonyl (C=O) groups is 1. The zero-order valence-corrected chi connectivity index (χ0v) is 10.4. The maximum atomic E-state index is 11.4. The second-order valence-electron chi connectivity index (χ2n) is 3.52. The Hall–Kier alpha value is -1.92. The van der Waals surface area contributed by atoms with Crippen LogP contribution < -0.4 is 10.6 Å². The Kier molecular flexibility index (Phi) is 4.27. The number of aromatic nitrogens is 1. The van der Waals surface area contributed by atoms with E-state index in [4.69, 9.17) is 5.11 Å². The van der Waals surface area contributed by atoms with Crippen LogP contribution in [-0.2, 0) is 0 Å². The first-order valence-corrected chi connectivity index (χ1v) is 6.33. The number of benzene rings is 1. The number of aliphatic hydroxyl groups is 1. The molecule has 0 saturated carbocycles. The lowest BCUT2D eigenvalue weighted by atomic mass is 10.2. The molecule has 0 fully saturated rings. The Morgan fingerprint density at radius 1 is 1.44 bits per heavy atom. The van der Waals surface area contributed by atoms with Crippen molar-refractivity contribution in [3.8, 4) is 10.6 Å². The van der Waals surface area contributed by atoms with E-state index in [1.807, 2.05) is 23.6 Å². The Labute approximate surface area is 108 Å². The second-order valence-corrected chi connectivity index (χ2v) is 4.42. The van der Waals surface area contributed by atoms with Crippen molar-refractivity contribution in [2.75, 3.05) is 18.5 Å². The van der Waals surface area contributed by atoms with Gasteiger partial charge in [0, 0.05) is 29.4 Å². The van der Waals surface area contributed by atoms with E-state index in [0.29, 0.717) is 5.69 Å². The standard InChI is InChI=1S/C12H13N3O2S/c16-6-4-14-12(17)15-10-3-1-2-9(8-10)11-13-5-7-18-11/h1-3,5,7-8,16H,4,6H2,(H2,14,15,17). The van der Waals surface area contributed by atoms with Crippen LogP contribution in [0.3, 0.4) is 0 Å². The quantitative estimate of drug-likeness (QED) is 0.789. The minimum Gasteiger partial charge on any atom is -0.395 e. The average molecular weight is 263 g/mol. The third-order valence-electron chi connectivity index (χ3n) is 2.20. The third-order valence-corrected chi connectivity index (χ3v) is 3.02. The number of nitrogens with one attached hydrogen (secondary N) is 2. The zero-order valence-electron chi connectivity index (χ0n) is 9.59. The second kappa shape index (κ2) is 6.13. The first-order valence-electron chi connectivity index (χ1n) is 5.45. The summed E-state index contributed by atoms with van der Waals surface area (Å²) in [5.74, 6) is 0. The van der Waals surface area contributed by atoms with Gasteiger partial charge in [-0.05, 0) is 12.1 Å². The molecular formula is C12H13N3O2S. The Morgan fingerprint density at radius 2 is 2.33 bits per heavy atom. The van der Waals surface area contributed by atoms with Crippen LogP contribution in [0.15, 0.2) is 35.8 Å². The minimum atomic E-state index is -0.333. The first-order chi connectivity index (χ1) is 8.79. The molecule has 0 radical (unpaired) electrons. The summed E-state index contributed by atoms with van der Waals surface area (Å²) in [7, 11) is 0. The van der Waals surface area contributed by atoms with Gasteiger partial charge in [-0.15, -0.1) is 11.3 Å². The highest BCUT2D eigenvalue weighted by Crippen LogP contribution is 2.24. The lowest BCUT2D eigenvalue weighted by molar-refractivity contribution is 0.245. The zero-order chi connectivity index (χ0) is 12.8. The third kappa shape index (κ3) is 3.28. The van der Waals surface area contributed by atoms with Gasteiger partial charge in [0.1, 0.15) is 5.01 Å². The Morgan fingerprint density at radius 3 is 3.06 bits per heavy atom. The number of thiazole rings is 1. The Balaban J connectivity index is 2.06. The topological polar surface area (TPSA) is 74.2 Å². The van der Waals surface area contributed by atoms with E-state index in [-0.39, 0.29) is 19.2 Å². The predicted molar refractivity (Wildman–Crippen MR) is 71.7 cm³/mol. The molecule has 2 amide bonds. The highest BCUT2D eigenvalue weighted by Gasteiger charge is 2.04. The molecule has 5 nitrogen and oxygen atoms in total. The maximum absolute atomic E-state index is 11.4. The average Bonchev–Trinajstić information content (AvgIpc) is 2.90. The molecule has 0 aliphatic rings. The number of rotatable bonds is 4. The molecule has 0 aliphatic heterocycles. The highest BCUT2D eigenvalue weighted by atomic mass is 32.1. The monoisotopic (exact) mass is 263 g/mol. The molecule has 1 aromatic carbocycles. The summed E-state index contributed by atoms with van der Waals surface area (Å²) in [4.78, 5) is 15.6. The molecule has 1 heterocycles. The lowest BCUT2D eigenvalue weighted by Crippen LogP contribution is -2.30. The summed E-state index contributed by atoms with van der Waals surface area (Å²) in [6.07, 6.45) is 1.74. The Bertz CT molecular complexity index is 514. The van der Waals surface area contributed by atoms with Crippen molar-refractivity contribution >= 4 is 23.1 Å². The van der Waals surface area contributed by atoms with Crippen molar-refractivity contribution < 1.29 is 9.90 Å². The molecule has 2 aromatic rings. The van der Waals surface area contributed by atoms with Crippen LogP contribution >= 0.6 is 11.3 Å². The summed E-state index contributed by atoms with van der Waals surface area (Å²) in [5, 5.41) is 16.6. The van der Waals surface area contributed by atoms with Gasteiger partial charge >= 0.3 is 6.03 Å². The summed E-state index contributed by atoms with van der Waals surface area (Å²) in [6.45, 7) is 0.157. The first kappa shape index (κ1) is 12.5. The van der Waals surface area contributed by atoms with E-state index >= 15 is 0 Å². The molecular weight excluding hydrogens is 250 g/mol. The summed E-state index contributed by atoms with van der Waals surface area (Å²) < 4.78 is 0. The number of nitrogens with zero attached hydrogens (tertiary/aromatic N) is 1. The molecule has 1 aromatic heterocycles. The number of aliphatic hydroxyl groups excluding tert-OH is 1. The number of carbonyl (C=O) groups excluding carboxylic acids is 1. The van der Waals surface area contributed by atoms with Gasteiger partial charge in [0.15, 0.2) is 0 Å². The normalized spacial score (nSPS) is 10.1. The van der Waals surface area contributed by atoms with Gasteiger partial charge in [-0.1, -0.05) is 12.1 Å². The van der Waals surface area contributed by atoms with Crippen LogP contribution in [0.5, 0.6) is 0 Å². The number of urea groups is 1. The number of anilines is 1. The van der Waals surface area contributed by atoms with E-state index in [1.165, 1.54) is 0 Å². The summed E-state index contributed by atoms with van der Waals surface area (Å²) in [5.41, 5.74) is 1.66. The van der Waals surface area contributed by atoms with Crippen molar-refractivity contribution in [1.82, 2.24) is 10.3 Å². The summed E-state index contributed by atoms with van der Waals surface area (Å²) in [6, 6.07) is 7.13. The molecule has 3 N–H and O–H groups in total. The van der Waals surface area contributed by atoms with E-state index in [1.54, 1.807) is 23.6 Å². The van der Waals surface area contributed by atoms with Crippen LogP contribution in [0.4, 0.5) is 10.5 Å². The van der Waals surface area contributed by atoms with Crippen molar-refractivity contribution in [3.05, 3.63) is 35.8 Å². The molecule has 0 saturated heterocycles. The molecule has 6 heteroatoms. The fourth-order valence-electron chi connectivity index (χ4n) is 1.44. The largest absolute Gasteiger partial charge is 0.395 e. The predicted octanol–water partition coefficient (Wildman–Crippen LogP) is 1.92. The molecule has 2 rings (SSSR count). The fraction of sp³-hybridized carbons (Fsp3) is 0.167. The van der Waals surface area contributed by atoms with Crippen molar-refractivity contribution in [2.45, 2.75) is 0 Å². The van der Waals surface area contributed by atoms with Gasteiger partial charge in [-0.3, -0.25) is 0 Å². The molecule has 18 heavy (non-hydrogen) atoms. The van der Waals surface area contributed by atoms with Crippen LogP contribution in [-0.4, -0.2) is 29.3 Å². The molecule has 0 aliphatic carbocycles. The maximum Gasteiger partial charge on any atom is 0.319 e. The molecule has 94 valence electrons. The molecule has 0 spiro atoms. The van der Waals surface area contributed by atoms with Gasteiger partial charge in [0.05, 0.1) is 6.61 Å². The van der Waals surface area contributed by atoms with Crippen LogP contribution in [0.2, 0.25) is 0 Å². The highest BCUT2D eigenvalue weighted by molar-refractivity contribution is 7.13. The molecule has 0 bridgehead atoms. The van der Waals surface area contributed by atoms with Crippen molar-refractivity contribution in [3.63, 3.8) is 0 Å². The van der Waals surface area contributed by atoms with E-state index in [9.17, 15) is 4.79 Å². The van der Waals surface area contributed by atoms with Crippen molar-refractivity contribution in [2.24, 2.45) is 0 Å². The van der Waals surface area contributed by atoms with Gasteiger partial charge in [0.25, 0.3) is 0 Å². The summed E-state index contributed by atoms with van der Waals surface area (Å²) >= 11 is 1.54. The number of hydrogen-bond acceptors (Lipinski definition) is 4. The molecule has 0 unspecified atom stereocenters. The van der Waals surface area contributed by atoms with Crippen LogP contribution in [0.1, 0.15) is 0 Å². The van der Waals surface area contributed by atoms with E-state index < -0.39 is 0 Å². The van der Waals surface area contributed by atoms with E-state index in [2.05, 4.69) is 15.6 Å². The number of hydrogen-bond donors (Lipinski definition) is 3. The van der Waals surface area contributed by atoms with Gasteiger partial charge < -0.3 is 15.7 Å². The van der Waals surface area contributed by atoms with Gasteiger partial charge in [-0.2, -0.15) is 0 Å². The van der Waals surface area contributed by atoms with E-state index in [0.717, 1.165) is 10.6 Å². The number of amides is 2. The fourth-order valence-corrected chi connectivity index (χ4v) is 2.08. The minimum absolute atomic E-state index is 0.0768.